The molecule has 10 heteroatoms. The second kappa shape index (κ2) is 8.53. The minimum absolute atomic E-state index is 0.171. The zero-order valence-electron chi connectivity index (χ0n) is 14.3. The number of hydrogen-bond acceptors (Lipinski definition) is 5. The minimum Gasteiger partial charge on any atom is -0.493 e. The van der Waals surface area contributed by atoms with Crippen LogP contribution in [0, 0.1) is 0 Å². The van der Waals surface area contributed by atoms with Crippen molar-refractivity contribution in [2.24, 2.45) is 0 Å². The summed E-state index contributed by atoms with van der Waals surface area (Å²) in [5.74, 6) is -3.49. The molecule has 2 aromatic rings. The molecule has 146 valence electrons. The number of rotatable bonds is 7. The Hall–Kier alpha value is -2.39. The van der Waals surface area contributed by atoms with Gasteiger partial charge in [0.15, 0.2) is 11.5 Å². The van der Waals surface area contributed by atoms with Crippen molar-refractivity contribution in [2.75, 3.05) is 19.0 Å². The number of alkyl halides is 2. The summed E-state index contributed by atoms with van der Waals surface area (Å²) >= 11 is 6.12. The van der Waals surface area contributed by atoms with Crippen molar-refractivity contribution in [3.63, 3.8) is 0 Å². The molecule has 0 atom stereocenters. The van der Waals surface area contributed by atoms with Crippen LogP contribution < -0.4 is 14.8 Å². The average molecular weight is 420 g/mol. The van der Waals surface area contributed by atoms with E-state index in [0.29, 0.717) is 12.4 Å². The molecule has 0 aromatic heterocycles. The fraction of sp³-hybridized carbons (Fsp3) is 0.235. The van der Waals surface area contributed by atoms with E-state index in [4.69, 9.17) is 21.1 Å². The second-order valence-corrected chi connectivity index (χ2v) is 7.53. The van der Waals surface area contributed by atoms with E-state index in [1.165, 1.54) is 31.4 Å². The lowest BCUT2D eigenvalue weighted by molar-refractivity contribution is 0.102. The van der Waals surface area contributed by atoms with Crippen LogP contribution in [0.3, 0.4) is 0 Å². The number of hydrogen-bond donors (Lipinski definition) is 1. The zero-order chi connectivity index (χ0) is 20.2. The maximum absolute atomic E-state index is 12.5. The quantitative estimate of drug-likeness (QED) is 0.733. The van der Waals surface area contributed by atoms with Gasteiger partial charge in [-0.15, -0.1) is 0 Å². The number of carbonyl (C=O) groups excluding carboxylic acids is 1. The Morgan fingerprint density at radius 3 is 2.37 bits per heavy atom. The van der Waals surface area contributed by atoms with Crippen LogP contribution in [0.1, 0.15) is 17.3 Å². The summed E-state index contributed by atoms with van der Waals surface area (Å²) in [5.41, 5.74) is 0.391. The maximum Gasteiger partial charge on any atom is 0.341 e. The number of methoxy groups -OCH3 is 1. The molecule has 0 aliphatic heterocycles. The van der Waals surface area contributed by atoms with E-state index >= 15 is 0 Å². The molecular formula is C17H16ClF2NO5S. The standard InChI is InChI=1S/C17H16ClF2NO5S/c1-3-26-15-13(18)8-10(9-14(15)25-2)16(22)21-11-4-6-12(7-5-11)27(23,24)17(19)20/h4-9,17H,3H2,1-2H3,(H,21,22). The summed E-state index contributed by atoms with van der Waals surface area (Å²) in [4.78, 5) is 11.8. The monoisotopic (exact) mass is 419 g/mol. The zero-order valence-corrected chi connectivity index (χ0v) is 15.9. The molecule has 6 nitrogen and oxygen atoms in total. The first-order chi connectivity index (χ1) is 12.7. The molecule has 0 fully saturated rings. The second-order valence-electron chi connectivity index (χ2n) is 5.21. The number of benzene rings is 2. The summed E-state index contributed by atoms with van der Waals surface area (Å²) in [6, 6.07) is 7.22. The third-order valence-corrected chi connectivity index (χ3v) is 5.13. The smallest absolute Gasteiger partial charge is 0.341 e. The number of anilines is 1. The number of amides is 1. The molecule has 0 bridgehead atoms. The summed E-state index contributed by atoms with van der Waals surface area (Å²) in [6.45, 7) is 2.13. The molecule has 2 rings (SSSR count). The van der Waals surface area contributed by atoms with Gasteiger partial charge in [0, 0.05) is 11.3 Å². The molecule has 0 saturated heterocycles. The van der Waals surface area contributed by atoms with Crippen LogP contribution in [0.25, 0.3) is 0 Å². The van der Waals surface area contributed by atoms with Crippen LogP contribution in [0.4, 0.5) is 14.5 Å². The van der Waals surface area contributed by atoms with Gasteiger partial charge in [-0.3, -0.25) is 4.79 Å². The number of nitrogens with one attached hydrogen (secondary N) is 1. The summed E-state index contributed by atoms with van der Waals surface area (Å²) in [6.07, 6.45) is 0. The number of halogens is 3. The molecule has 0 radical (unpaired) electrons. The van der Waals surface area contributed by atoms with E-state index in [1.54, 1.807) is 6.92 Å². The van der Waals surface area contributed by atoms with Gasteiger partial charge in [-0.2, -0.15) is 8.78 Å². The van der Waals surface area contributed by atoms with Gasteiger partial charge < -0.3 is 14.8 Å². The fourth-order valence-corrected chi connectivity index (χ4v) is 3.16. The molecule has 0 heterocycles. The van der Waals surface area contributed by atoms with Crippen LogP contribution in [0.5, 0.6) is 11.5 Å². The molecule has 27 heavy (non-hydrogen) atoms. The third kappa shape index (κ3) is 4.67. The van der Waals surface area contributed by atoms with Crippen molar-refractivity contribution in [3.05, 3.63) is 47.0 Å². The number of sulfone groups is 1. The van der Waals surface area contributed by atoms with Crippen molar-refractivity contribution in [1.82, 2.24) is 0 Å². The van der Waals surface area contributed by atoms with Crippen molar-refractivity contribution in [1.29, 1.82) is 0 Å². The number of ether oxygens (including phenoxy) is 2. The highest BCUT2D eigenvalue weighted by molar-refractivity contribution is 7.91. The first kappa shape index (κ1) is 20.9. The van der Waals surface area contributed by atoms with Gasteiger partial charge >= 0.3 is 5.76 Å². The lowest BCUT2D eigenvalue weighted by atomic mass is 10.1. The molecule has 0 aliphatic carbocycles. The maximum atomic E-state index is 12.5. The summed E-state index contributed by atoms with van der Waals surface area (Å²) in [5, 5.41) is 2.70. The molecule has 0 aliphatic rings. The molecular weight excluding hydrogens is 404 g/mol. The minimum atomic E-state index is -4.69. The Morgan fingerprint density at radius 1 is 1.22 bits per heavy atom. The van der Waals surface area contributed by atoms with Crippen molar-refractivity contribution in [2.45, 2.75) is 17.6 Å². The predicted octanol–water partition coefficient (Wildman–Crippen LogP) is 4.00. The van der Waals surface area contributed by atoms with Crippen LogP contribution in [-0.4, -0.2) is 33.8 Å². The Bertz CT molecular complexity index is 933. The van der Waals surface area contributed by atoms with E-state index in [1.807, 2.05) is 0 Å². The molecule has 1 amide bonds. The van der Waals surface area contributed by atoms with E-state index in [9.17, 15) is 22.0 Å². The first-order valence-electron chi connectivity index (χ1n) is 7.64. The lowest BCUT2D eigenvalue weighted by Gasteiger charge is -2.13. The lowest BCUT2D eigenvalue weighted by Crippen LogP contribution is -2.14. The molecule has 1 N–H and O–H groups in total. The Balaban J connectivity index is 2.24. The van der Waals surface area contributed by atoms with E-state index in [2.05, 4.69) is 5.32 Å². The highest BCUT2D eigenvalue weighted by Gasteiger charge is 2.26. The van der Waals surface area contributed by atoms with Gasteiger partial charge in [0.1, 0.15) is 0 Å². The third-order valence-electron chi connectivity index (χ3n) is 3.46. The van der Waals surface area contributed by atoms with Gasteiger partial charge in [-0.1, -0.05) is 11.6 Å². The average Bonchev–Trinajstić information content (AvgIpc) is 2.63. The molecule has 2 aromatic carbocycles. The Morgan fingerprint density at radius 2 is 1.85 bits per heavy atom. The predicted molar refractivity (Wildman–Crippen MR) is 96.8 cm³/mol. The fourth-order valence-electron chi connectivity index (χ4n) is 2.17. The van der Waals surface area contributed by atoms with Crippen molar-refractivity contribution < 1.29 is 31.5 Å². The van der Waals surface area contributed by atoms with Crippen LogP contribution in [0.2, 0.25) is 5.02 Å². The first-order valence-corrected chi connectivity index (χ1v) is 9.57. The molecule has 0 saturated carbocycles. The van der Waals surface area contributed by atoms with Gasteiger partial charge in [0.25, 0.3) is 5.91 Å². The van der Waals surface area contributed by atoms with Crippen molar-refractivity contribution >= 4 is 33.0 Å². The van der Waals surface area contributed by atoms with Crippen LogP contribution >= 0.6 is 11.6 Å². The van der Waals surface area contributed by atoms with Gasteiger partial charge in [0.05, 0.1) is 23.6 Å². The van der Waals surface area contributed by atoms with E-state index in [0.717, 1.165) is 12.1 Å². The topological polar surface area (TPSA) is 81.7 Å². The SMILES string of the molecule is CCOc1c(Cl)cc(C(=O)Nc2ccc(S(=O)(=O)C(F)F)cc2)cc1OC. The van der Waals surface area contributed by atoms with Crippen LogP contribution in [0.15, 0.2) is 41.3 Å². The van der Waals surface area contributed by atoms with Crippen LogP contribution in [-0.2, 0) is 9.84 Å². The van der Waals surface area contributed by atoms with Gasteiger partial charge in [-0.25, -0.2) is 8.42 Å². The summed E-state index contributed by atoms with van der Waals surface area (Å²) in [7, 11) is -3.29. The highest BCUT2D eigenvalue weighted by Crippen LogP contribution is 2.36. The van der Waals surface area contributed by atoms with Gasteiger partial charge in [0.2, 0.25) is 9.84 Å². The van der Waals surface area contributed by atoms with Crippen molar-refractivity contribution in [3.8, 4) is 11.5 Å². The number of carbonyl (C=O) groups is 1. The highest BCUT2D eigenvalue weighted by atomic mass is 35.5. The summed E-state index contributed by atoms with van der Waals surface area (Å²) < 4.78 is 58.4. The Labute approximate surface area is 160 Å². The largest absolute Gasteiger partial charge is 0.493 e. The van der Waals surface area contributed by atoms with Gasteiger partial charge in [-0.05, 0) is 43.3 Å². The van der Waals surface area contributed by atoms with E-state index in [-0.39, 0.29) is 22.0 Å². The normalized spacial score (nSPS) is 11.3. The van der Waals surface area contributed by atoms with E-state index < -0.39 is 26.4 Å². The molecule has 0 unspecified atom stereocenters. The Kier molecular flexibility index (Phi) is 6.61. The molecule has 0 spiro atoms.